The van der Waals surface area contributed by atoms with Gasteiger partial charge in [-0.2, -0.15) is 0 Å². The van der Waals surface area contributed by atoms with Gasteiger partial charge in [0.25, 0.3) is 0 Å². The van der Waals surface area contributed by atoms with Crippen LogP contribution in [0, 0.1) is 5.41 Å². The first-order valence-electron chi connectivity index (χ1n) is 9.69. The van der Waals surface area contributed by atoms with E-state index in [1.54, 1.807) is 4.90 Å². The quantitative estimate of drug-likeness (QED) is 0.741. The summed E-state index contributed by atoms with van der Waals surface area (Å²) in [7, 11) is 0. The van der Waals surface area contributed by atoms with Crippen molar-refractivity contribution in [3.05, 3.63) is 18.2 Å². The molecule has 3 N–H and O–H groups in total. The highest BCUT2D eigenvalue weighted by Gasteiger charge is 2.48. The molecule has 2 amide bonds. The van der Waals surface area contributed by atoms with Gasteiger partial charge in [0.1, 0.15) is 11.8 Å². The number of hydrogen-bond donors (Lipinski definition) is 2. The van der Waals surface area contributed by atoms with Crippen molar-refractivity contribution in [1.29, 1.82) is 0 Å². The molecule has 2 heterocycles. The van der Waals surface area contributed by atoms with Gasteiger partial charge in [0.05, 0.1) is 15.6 Å². The summed E-state index contributed by atoms with van der Waals surface area (Å²) in [6, 6.07) is 3.20. The highest BCUT2D eigenvalue weighted by molar-refractivity contribution is 7.22. The summed E-state index contributed by atoms with van der Waals surface area (Å²) in [4.78, 5) is 31.5. The average Bonchev–Trinajstić information content (AvgIpc) is 3.25. The zero-order valence-corrected chi connectivity index (χ0v) is 16.8. The molecule has 11 heteroatoms. The first-order chi connectivity index (χ1) is 14.2. The van der Waals surface area contributed by atoms with Crippen LogP contribution in [0.2, 0.25) is 0 Å². The van der Waals surface area contributed by atoms with Gasteiger partial charge in [-0.1, -0.05) is 24.2 Å². The lowest BCUT2D eigenvalue weighted by Gasteiger charge is -2.44. The Balaban J connectivity index is 1.44. The number of nitrogens with one attached hydrogen (secondary N) is 1. The molecule has 1 saturated heterocycles. The maximum atomic E-state index is 13.0. The molecule has 1 aliphatic heterocycles. The number of ether oxygens (including phenoxy) is 1. The summed E-state index contributed by atoms with van der Waals surface area (Å²) in [6.45, 7) is 0.785. The molecular weight excluding hydrogens is 421 g/mol. The van der Waals surface area contributed by atoms with Crippen LogP contribution >= 0.6 is 11.3 Å². The number of aromatic nitrogens is 1. The lowest BCUT2D eigenvalue weighted by atomic mass is 9.82. The summed E-state index contributed by atoms with van der Waals surface area (Å²) in [5.74, 6) is -0.770. The minimum atomic E-state index is -4.78. The molecule has 1 saturated carbocycles. The van der Waals surface area contributed by atoms with Gasteiger partial charge >= 0.3 is 6.36 Å². The van der Waals surface area contributed by atoms with E-state index in [9.17, 15) is 22.8 Å². The minimum Gasteiger partial charge on any atom is -0.406 e. The van der Waals surface area contributed by atoms with Crippen LogP contribution in [0.1, 0.15) is 32.1 Å². The zero-order chi connectivity index (χ0) is 21.5. The van der Waals surface area contributed by atoms with Crippen molar-refractivity contribution >= 4 is 38.5 Å². The number of thiazole rings is 1. The maximum absolute atomic E-state index is 13.0. The third kappa shape index (κ3) is 3.95. The van der Waals surface area contributed by atoms with Crippen LogP contribution in [-0.4, -0.2) is 47.2 Å². The topological polar surface area (TPSA) is 97.6 Å². The van der Waals surface area contributed by atoms with Crippen LogP contribution in [0.15, 0.2) is 18.2 Å². The molecule has 2 fully saturated rings. The second-order valence-electron chi connectivity index (χ2n) is 7.68. The van der Waals surface area contributed by atoms with Crippen molar-refractivity contribution in [2.75, 3.05) is 18.4 Å². The van der Waals surface area contributed by atoms with Gasteiger partial charge in [0.2, 0.25) is 11.8 Å². The standard InChI is InChI=1S/C19H21F3N4O3S/c20-19(21,22)29-11-3-4-12-14(9-11)30-17(24-12)25-15(27)13-5-8-26(13)16(28)18(10-23)6-1-2-7-18/h3-4,9,13H,1-2,5-8,10,23H2,(H,24,25,27)/t13-/m0/s1. The van der Waals surface area contributed by atoms with Crippen molar-refractivity contribution in [1.82, 2.24) is 9.88 Å². The van der Waals surface area contributed by atoms with E-state index in [2.05, 4.69) is 15.0 Å². The highest BCUT2D eigenvalue weighted by Crippen LogP contribution is 2.41. The van der Waals surface area contributed by atoms with Crippen LogP contribution in [0.25, 0.3) is 10.2 Å². The Labute approximate surface area is 174 Å². The van der Waals surface area contributed by atoms with Crippen molar-refractivity contribution in [2.45, 2.75) is 44.5 Å². The first kappa shape index (κ1) is 20.9. The van der Waals surface area contributed by atoms with E-state index in [1.807, 2.05) is 0 Å². The normalized spacial score (nSPS) is 20.8. The van der Waals surface area contributed by atoms with E-state index in [0.717, 1.165) is 37.0 Å². The molecule has 1 aliphatic carbocycles. The molecule has 7 nitrogen and oxygen atoms in total. The van der Waals surface area contributed by atoms with Crippen LogP contribution in [0.5, 0.6) is 5.75 Å². The molecule has 1 atom stereocenters. The summed E-state index contributed by atoms with van der Waals surface area (Å²) in [5, 5.41) is 2.94. The van der Waals surface area contributed by atoms with Crippen LogP contribution < -0.4 is 15.8 Å². The number of nitrogens with zero attached hydrogens (tertiary/aromatic N) is 2. The summed E-state index contributed by atoms with van der Waals surface area (Å²) >= 11 is 1.04. The molecular formula is C19H21F3N4O3S. The molecule has 1 aromatic heterocycles. The predicted molar refractivity (Wildman–Crippen MR) is 105 cm³/mol. The predicted octanol–water partition coefficient (Wildman–Crippen LogP) is 3.25. The number of anilines is 1. The number of halogens is 3. The Morgan fingerprint density at radius 2 is 2.07 bits per heavy atom. The Morgan fingerprint density at radius 1 is 1.33 bits per heavy atom. The number of rotatable bonds is 5. The smallest absolute Gasteiger partial charge is 0.406 e. The molecule has 30 heavy (non-hydrogen) atoms. The fourth-order valence-corrected chi connectivity index (χ4v) is 5.01. The number of nitrogens with two attached hydrogens (primary N) is 1. The van der Waals surface area contributed by atoms with Crippen molar-refractivity contribution < 1.29 is 27.5 Å². The number of likely N-dealkylation sites (tertiary alicyclic amines) is 1. The third-order valence-corrected chi connectivity index (χ3v) is 6.75. The second-order valence-corrected chi connectivity index (χ2v) is 8.71. The molecule has 1 aromatic carbocycles. The second kappa shape index (κ2) is 7.69. The molecule has 0 bridgehead atoms. The number of amides is 2. The monoisotopic (exact) mass is 442 g/mol. The van der Waals surface area contributed by atoms with E-state index >= 15 is 0 Å². The summed E-state index contributed by atoms with van der Waals surface area (Å²) in [5.41, 5.74) is 5.77. The van der Waals surface area contributed by atoms with Crippen molar-refractivity contribution in [2.24, 2.45) is 11.1 Å². The van der Waals surface area contributed by atoms with E-state index in [-0.39, 0.29) is 29.2 Å². The van der Waals surface area contributed by atoms with Gasteiger partial charge in [-0.15, -0.1) is 13.2 Å². The van der Waals surface area contributed by atoms with Gasteiger partial charge in [-0.05, 0) is 31.4 Å². The van der Waals surface area contributed by atoms with E-state index in [4.69, 9.17) is 5.73 Å². The number of carbonyl (C=O) groups excluding carboxylic acids is 2. The van der Waals surface area contributed by atoms with Gasteiger partial charge < -0.3 is 20.7 Å². The molecule has 162 valence electrons. The fraction of sp³-hybridized carbons (Fsp3) is 0.526. The number of alkyl halides is 3. The lowest BCUT2D eigenvalue weighted by Crippen LogP contribution is -2.61. The number of fused-ring (bicyclic) bond motifs is 1. The SMILES string of the molecule is NCC1(C(=O)N2CC[C@H]2C(=O)Nc2nc3ccc(OC(F)(F)F)cc3s2)CCCC1. The minimum absolute atomic E-state index is 0.0628. The van der Waals surface area contributed by atoms with E-state index < -0.39 is 17.8 Å². The molecule has 2 aromatic rings. The van der Waals surface area contributed by atoms with Gasteiger partial charge in [0.15, 0.2) is 5.13 Å². The number of carbonyl (C=O) groups is 2. The Bertz CT molecular complexity index is 972. The Morgan fingerprint density at radius 3 is 2.67 bits per heavy atom. The van der Waals surface area contributed by atoms with Crippen LogP contribution in [0.4, 0.5) is 18.3 Å². The summed E-state index contributed by atoms with van der Waals surface area (Å²) in [6.07, 6.45) is -0.831. The third-order valence-electron chi connectivity index (χ3n) is 5.81. The number of benzene rings is 1. The lowest BCUT2D eigenvalue weighted by molar-refractivity contribution is -0.274. The van der Waals surface area contributed by atoms with E-state index in [0.29, 0.717) is 23.2 Å². The van der Waals surface area contributed by atoms with Crippen LogP contribution in [0.3, 0.4) is 0 Å². The first-order valence-corrected chi connectivity index (χ1v) is 10.5. The Kier molecular flexibility index (Phi) is 5.35. The average molecular weight is 442 g/mol. The molecule has 0 radical (unpaired) electrons. The van der Waals surface area contributed by atoms with Crippen LogP contribution in [-0.2, 0) is 9.59 Å². The molecule has 4 rings (SSSR count). The Hall–Kier alpha value is -2.40. The zero-order valence-electron chi connectivity index (χ0n) is 16.0. The molecule has 0 spiro atoms. The van der Waals surface area contributed by atoms with Gasteiger partial charge in [-0.3, -0.25) is 9.59 Å². The van der Waals surface area contributed by atoms with E-state index in [1.165, 1.54) is 18.2 Å². The molecule has 0 unspecified atom stereocenters. The van der Waals surface area contributed by atoms with Crippen molar-refractivity contribution in [3.8, 4) is 5.75 Å². The van der Waals surface area contributed by atoms with Gasteiger partial charge in [0, 0.05) is 19.2 Å². The molecule has 2 aliphatic rings. The fourth-order valence-electron chi connectivity index (χ4n) is 4.11. The summed E-state index contributed by atoms with van der Waals surface area (Å²) < 4.78 is 41.5. The van der Waals surface area contributed by atoms with Gasteiger partial charge in [-0.25, -0.2) is 4.98 Å². The van der Waals surface area contributed by atoms with Crippen molar-refractivity contribution in [3.63, 3.8) is 0 Å². The largest absolute Gasteiger partial charge is 0.573 e. The number of hydrogen-bond acceptors (Lipinski definition) is 6. The maximum Gasteiger partial charge on any atom is 0.573 e. The highest BCUT2D eigenvalue weighted by atomic mass is 32.1.